The van der Waals surface area contributed by atoms with Gasteiger partial charge in [0, 0.05) is 5.75 Å². The third kappa shape index (κ3) is 5.38. The average molecular weight is 407 g/mol. The number of nitrogens with two attached hydrogens (primary N) is 1. The molecule has 0 saturated heterocycles. The Hall–Kier alpha value is -2.23. The van der Waals surface area contributed by atoms with Crippen molar-refractivity contribution in [3.63, 3.8) is 0 Å². The lowest BCUT2D eigenvalue weighted by Gasteiger charge is -2.11. The second kappa shape index (κ2) is 8.64. The van der Waals surface area contributed by atoms with Gasteiger partial charge < -0.3 is 0 Å². The second-order valence-corrected chi connectivity index (χ2v) is 8.72. The van der Waals surface area contributed by atoms with Crippen molar-refractivity contribution in [3.8, 4) is 11.4 Å². The Balaban J connectivity index is 1.88. The number of sulfonamides is 1. The number of primary sulfonamides is 1. The fraction of sp³-hybridized carbons (Fsp3) is 0.222. The standard InChI is InChI=1S/C18H19FN4O2S2/c19-16-10-5-4-9-15(16)17-21-22-18(26-11-6-12-27(20,24)25)23(17)13-14-7-2-1-3-8-14/h1-5,7-10H,6,11-13H2,(H2,20,24,25). The smallest absolute Gasteiger partial charge is 0.209 e. The summed E-state index contributed by atoms with van der Waals surface area (Å²) in [5.41, 5.74) is 1.40. The summed E-state index contributed by atoms with van der Waals surface area (Å²) in [4.78, 5) is 0. The van der Waals surface area contributed by atoms with Gasteiger partial charge in [0.15, 0.2) is 11.0 Å². The van der Waals surface area contributed by atoms with Crippen molar-refractivity contribution in [2.75, 3.05) is 11.5 Å². The molecule has 2 aromatic carbocycles. The largest absolute Gasteiger partial charge is 0.297 e. The van der Waals surface area contributed by atoms with E-state index in [1.807, 2.05) is 34.9 Å². The monoisotopic (exact) mass is 406 g/mol. The summed E-state index contributed by atoms with van der Waals surface area (Å²) in [5.74, 6) is 0.490. The van der Waals surface area contributed by atoms with Crippen molar-refractivity contribution >= 4 is 21.8 Å². The zero-order valence-corrected chi connectivity index (χ0v) is 16.1. The van der Waals surface area contributed by atoms with Gasteiger partial charge in [0.05, 0.1) is 17.9 Å². The Kier molecular flexibility index (Phi) is 6.25. The molecule has 1 heterocycles. The first kappa shape index (κ1) is 19.5. The fourth-order valence-corrected chi connectivity index (χ4v) is 4.18. The fourth-order valence-electron chi connectivity index (χ4n) is 2.57. The van der Waals surface area contributed by atoms with Crippen LogP contribution in [0.4, 0.5) is 4.39 Å². The summed E-state index contributed by atoms with van der Waals surface area (Å²) in [6, 6.07) is 16.2. The molecular formula is C18H19FN4O2S2. The van der Waals surface area contributed by atoms with Crippen LogP contribution < -0.4 is 5.14 Å². The molecule has 0 unspecified atom stereocenters. The van der Waals surface area contributed by atoms with Gasteiger partial charge in [0.1, 0.15) is 5.82 Å². The average Bonchev–Trinajstić information content (AvgIpc) is 3.02. The van der Waals surface area contributed by atoms with Crippen LogP contribution in [0.3, 0.4) is 0 Å². The molecule has 142 valence electrons. The van der Waals surface area contributed by atoms with E-state index in [0.29, 0.717) is 35.3 Å². The van der Waals surface area contributed by atoms with E-state index in [9.17, 15) is 12.8 Å². The molecule has 3 rings (SSSR count). The lowest BCUT2D eigenvalue weighted by atomic mass is 10.2. The molecule has 9 heteroatoms. The van der Waals surface area contributed by atoms with Gasteiger partial charge in [-0.3, -0.25) is 4.57 Å². The lowest BCUT2D eigenvalue weighted by molar-refractivity contribution is 0.596. The van der Waals surface area contributed by atoms with Gasteiger partial charge >= 0.3 is 0 Å². The molecule has 0 aliphatic rings. The molecule has 0 bridgehead atoms. The van der Waals surface area contributed by atoms with Gasteiger partial charge in [-0.15, -0.1) is 10.2 Å². The Bertz CT molecular complexity index is 1010. The molecule has 3 aromatic rings. The molecule has 0 amide bonds. The number of aromatic nitrogens is 3. The first-order valence-corrected chi connectivity index (χ1v) is 11.0. The van der Waals surface area contributed by atoms with Crippen molar-refractivity contribution in [3.05, 3.63) is 66.0 Å². The summed E-state index contributed by atoms with van der Waals surface area (Å²) in [7, 11) is -3.49. The van der Waals surface area contributed by atoms with Crippen molar-refractivity contribution in [1.29, 1.82) is 0 Å². The minimum Gasteiger partial charge on any atom is -0.297 e. The zero-order valence-electron chi connectivity index (χ0n) is 14.5. The van der Waals surface area contributed by atoms with Crippen LogP contribution in [0.25, 0.3) is 11.4 Å². The summed E-state index contributed by atoms with van der Waals surface area (Å²) in [5, 5.41) is 14.0. The molecule has 0 spiro atoms. The Morgan fingerprint density at radius 3 is 2.44 bits per heavy atom. The number of nitrogens with zero attached hydrogens (tertiary/aromatic N) is 3. The SMILES string of the molecule is NS(=O)(=O)CCCSc1nnc(-c2ccccc2F)n1Cc1ccccc1. The maximum atomic E-state index is 14.3. The van der Waals surface area contributed by atoms with Crippen LogP contribution in [0, 0.1) is 5.82 Å². The third-order valence-electron chi connectivity index (χ3n) is 3.82. The number of hydrogen-bond donors (Lipinski definition) is 1. The lowest BCUT2D eigenvalue weighted by Crippen LogP contribution is -2.16. The number of halogens is 1. The maximum absolute atomic E-state index is 14.3. The van der Waals surface area contributed by atoms with E-state index in [-0.39, 0.29) is 11.6 Å². The van der Waals surface area contributed by atoms with Crippen LogP contribution in [0.5, 0.6) is 0 Å². The van der Waals surface area contributed by atoms with Gasteiger partial charge in [-0.25, -0.2) is 17.9 Å². The molecule has 1 aromatic heterocycles. The maximum Gasteiger partial charge on any atom is 0.209 e. The van der Waals surface area contributed by atoms with E-state index < -0.39 is 10.0 Å². The van der Waals surface area contributed by atoms with Gasteiger partial charge in [0.2, 0.25) is 10.0 Å². The molecule has 0 fully saturated rings. The number of rotatable bonds is 8. The van der Waals surface area contributed by atoms with Crippen LogP contribution >= 0.6 is 11.8 Å². The van der Waals surface area contributed by atoms with Crippen molar-refractivity contribution in [2.24, 2.45) is 5.14 Å². The quantitative estimate of drug-likeness (QED) is 0.459. The van der Waals surface area contributed by atoms with Gasteiger partial charge in [-0.2, -0.15) is 0 Å². The Morgan fingerprint density at radius 1 is 1.04 bits per heavy atom. The van der Waals surface area contributed by atoms with E-state index in [1.54, 1.807) is 18.2 Å². The van der Waals surface area contributed by atoms with Crippen LogP contribution in [0.2, 0.25) is 0 Å². The first-order valence-electron chi connectivity index (χ1n) is 8.29. The van der Waals surface area contributed by atoms with Crippen molar-refractivity contribution in [1.82, 2.24) is 14.8 Å². The highest BCUT2D eigenvalue weighted by Crippen LogP contribution is 2.27. The summed E-state index contributed by atoms with van der Waals surface area (Å²) < 4.78 is 38.3. The van der Waals surface area contributed by atoms with Crippen molar-refractivity contribution < 1.29 is 12.8 Å². The van der Waals surface area contributed by atoms with E-state index >= 15 is 0 Å². The van der Waals surface area contributed by atoms with Crippen LogP contribution in [-0.2, 0) is 16.6 Å². The van der Waals surface area contributed by atoms with E-state index in [1.165, 1.54) is 17.8 Å². The highest BCUT2D eigenvalue weighted by molar-refractivity contribution is 7.99. The molecule has 27 heavy (non-hydrogen) atoms. The highest BCUT2D eigenvalue weighted by Gasteiger charge is 2.17. The normalized spacial score (nSPS) is 11.6. The van der Waals surface area contributed by atoms with Crippen molar-refractivity contribution in [2.45, 2.75) is 18.1 Å². The summed E-state index contributed by atoms with van der Waals surface area (Å²) >= 11 is 1.38. The molecule has 0 atom stereocenters. The number of thioether (sulfide) groups is 1. The summed E-state index contributed by atoms with van der Waals surface area (Å²) in [6.07, 6.45) is 0.400. The molecule has 0 saturated carbocycles. The topological polar surface area (TPSA) is 90.9 Å². The van der Waals surface area contributed by atoms with Gasteiger partial charge in [-0.1, -0.05) is 54.2 Å². The highest BCUT2D eigenvalue weighted by atomic mass is 32.2. The first-order chi connectivity index (χ1) is 12.9. The number of hydrogen-bond acceptors (Lipinski definition) is 5. The van der Waals surface area contributed by atoms with E-state index in [0.717, 1.165) is 5.56 Å². The molecule has 0 aliphatic carbocycles. The predicted molar refractivity (Wildman–Crippen MR) is 104 cm³/mol. The number of benzene rings is 2. The molecule has 0 aliphatic heterocycles. The second-order valence-electron chi connectivity index (χ2n) is 5.93. The third-order valence-corrected chi connectivity index (χ3v) is 5.73. The van der Waals surface area contributed by atoms with Crippen LogP contribution in [0.15, 0.2) is 59.8 Å². The molecule has 2 N–H and O–H groups in total. The Labute approximate surface area is 161 Å². The molecule has 6 nitrogen and oxygen atoms in total. The van der Waals surface area contributed by atoms with E-state index in [2.05, 4.69) is 10.2 Å². The minimum atomic E-state index is -3.49. The minimum absolute atomic E-state index is 0.0903. The van der Waals surface area contributed by atoms with Gasteiger partial charge in [0.25, 0.3) is 0 Å². The van der Waals surface area contributed by atoms with Crippen LogP contribution in [0.1, 0.15) is 12.0 Å². The van der Waals surface area contributed by atoms with Gasteiger partial charge in [-0.05, 0) is 24.1 Å². The Morgan fingerprint density at radius 2 is 1.74 bits per heavy atom. The van der Waals surface area contributed by atoms with Crippen LogP contribution in [-0.4, -0.2) is 34.7 Å². The molecule has 0 radical (unpaired) electrons. The predicted octanol–water partition coefficient (Wildman–Crippen LogP) is 2.90. The summed E-state index contributed by atoms with van der Waals surface area (Å²) in [6.45, 7) is 0.481. The van der Waals surface area contributed by atoms with E-state index in [4.69, 9.17) is 5.14 Å². The zero-order chi connectivity index (χ0) is 19.3. The molecular weight excluding hydrogens is 387 g/mol.